The Labute approximate surface area is 238 Å². The molecule has 1 heterocycles. The van der Waals surface area contributed by atoms with Gasteiger partial charge >= 0.3 is 0 Å². The third-order valence-electron chi connectivity index (χ3n) is 9.82. The molecule has 40 heavy (non-hydrogen) atoms. The van der Waals surface area contributed by atoms with Crippen LogP contribution in [0.25, 0.3) is 0 Å². The zero-order chi connectivity index (χ0) is 27.9. The average Bonchev–Trinajstić information content (AvgIpc) is 3.03. The normalized spacial score (nSPS) is 22.0. The Morgan fingerprint density at radius 2 is 0.825 bits per heavy atom. The maximum Gasteiger partial charge on any atom is 0.238 e. The minimum absolute atomic E-state index is 0.120. The first-order valence-corrected chi connectivity index (χ1v) is 16.1. The zero-order valence-corrected chi connectivity index (χ0v) is 24.0. The third-order valence-corrected chi connectivity index (χ3v) is 9.82. The lowest BCUT2D eigenvalue weighted by Gasteiger charge is -2.35. The van der Waals surface area contributed by atoms with E-state index in [1.165, 1.54) is 22.3 Å². The largest absolute Gasteiger partial charge is 0.274 e. The van der Waals surface area contributed by atoms with Gasteiger partial charge in [-0.15, -0.1) is 0 Å². The van der Waals surface area contributed by atoms with Crippen LogP contribution in [0.1, 0.15) is 128 Å². The molecular weight excluding hydrogens is 504 g/mol. The molecule has 0 spiro atoms. The van der Waals surface area contributed by atoms with Crippen molar-refractivity contribution < 1.29 is 19.2 Å². The highest BCUT2D eigenvalue weighted by atomic mass is 16.2. The number of rotatable bonds is 6. The van der Waals surface area contributed by atoms with E-state index in [9.17, 15) is 19.2 Å². The van der Waals surface area contributed by atoms with Crippen molar-refractivity contribution in [2.45, 2.75) is 128 Å². The molecule has 0 bridgehead atoms. The van der Waals surface area contributed by atoms with Crippen molar-refractivity contribution in [1.82, 2.24) is 9.97 Å². The minimum atomic E-state index is -0.249. The highest BCUT2D eigenvalue weighted by molar-refractivity contribution is 6.22. The molecule has 8 nitrogen and oxygen atoms in total. The van der Waals surface area contributed by atoms with E-state index in [1.807, 2.05) is 0 Å². The van der Waals surface area contributed by atoms with Crippen LogP contribution in [-0.2, 0) is 19.2 Å². The van der Waals surface area contributed by atoms with Crippen LogP contribution in [0.2, 0.25) is 0 Å². The molecule has 4 amide bonds. The van der Waals surface area contributed by atoms with Crippen LogP contribution in [0, 0.1) is 23.7 Å². The SMILES string of the molecule is O=C(C1CCCCC1)N(C(=O)C1CCCCC1)c1cncnc1N(C(=O)C1CCCCC1)C(=O)C1CCCCC1. The molecule has 0 aromatic carbocycles. The van der Waals surface area contributed by atoms with Crippen LogP contribution in [0.15, 0.2) is 12.5 Å². The highest BCUT2D eigenvalue weighted by Crippen LogP contribution is 2.38. The maximum absolute atomic E-state index is 14.2. The summed E-state index contributed by atoms with van der Waals surface area (Å²) in [5.74, 6) is -1.77. The molecule has 4 fully saturated rings. The first kappa shape index (κ1) is 28.9. The van der Waals surface area contributed by atoms with Crippen molar-refractivity contribution in [3.8, 4) is 0 Å². The van der Waals surface area contributed by atoms with Gasteiger partial charge in [0.2, 0.25) is 23.6 Å². The van der Waals surface area contributed by atoms with Crippen LogP contribution in [-0.4, -0.2) is 33.6 Å². The number of nitrogens with zero attached hydrogens (tertiary/aromatic N) is 4. The van der Waals surface area contributed by atoms with Gasteiger partial charge in [0, 0.05) is 23.7 Å². The number of amides is 4. The number of hydrogen-bond donors (Lipinski definition) is 0. The summed E-state index contributed by atoms with van der Waals surface area (Å²) >= 11 is 0. The number of imide groups is 2. The predicted octanol–water partition coefficient (Wildman–Crippen LogP) is 6.52. The number of anilines is 2. The predicted molar refractivity (Wildman–Crippen MR) is 153 cm³/mol. The molecule has 4 saturated carbocycles. The fourth-order valence-corrected chi connectivity index (χ4v) is 7.44. The number of hydrogen-bond acceptors (Lipinski definition) is 6. The minimum Gasteiger partial charge on any atom is -0.274 e. The Hall–Kier alpha value is -2.64. The van der Waals surface area contributed by atoms with Crippen molar-refractivity contribution in [1.29, 1.82) is 0 Å². The molecule has 0 unspecified atom stereocenters. The van der Waals surface area contributed by atoms with E-state index in [1.54, 1.807) is 0 Å². The fourth-order valence-electron chi connectivity index (χ4n) is 7.44. The van der Waals surface area contributed by atoms with Crippen molar-refractivity contribution >= 4 is 35.1 Å². The Morgan fingerprint density at radius 3 is 1.18 bits per heavy atom. The molecule has 0 atom stereocenters. The van der Waals surface area contributed by atoms with E-state index in [0.29, 0.717) is 0 Å². The topological polar surface area (TPSA) is 101 Å². The summed E-state index contributed by atoms with van der Waals surface area (Å²) < 4.78 is 0. The lowest BCUT2D eigenvalue weighted by atomic mass is 9.85. The fraction of sp³-hybridized carbons (Fsp3) is 0.750. The van der Waals surface area contributed by atoms with Gasteiger partial charge in [-0.25, -0.2) is 19.8 Å². The van der Waals surface area contributed by atoms with Crippen molar-refractivity contribution in [2.24, 2.45) is 23.7 Å². The maximum atomic E-state index is 14.2. The van der Waals surface area contributed by atoms with Crippen LogP contribution in [0.3, 0.4) is 0 Å². The molecule has 218 valence electrons. The summed E-state index contributed by atoms with van der Waals surface area (Å²) in [6, 6.07) is 0. The molecule has 8 heteroatoms. The molecular formula is C32H46N4O4. The highest BCUT2D eigenvalue weighted by Gasteiger charge is 2.41. The van der Waals surface area contributed by atoms with Gasteiger partial charge in [0.1, 0.15) is 12.0 Å². The van der Waals surface area contributed by atoms with Gasteiger partial charge in [0.15, 0.2) is 5.82 Å². The van der Waals surface area contributed by atoms with Gasteiger partial charge in [-0.05, 0) is 51.4 Å². The van der Waals surface area contributed by atoms with E-state index in [0.717, 1.165) is 128 Å². The summed E-state index contributed by atoms with van der Waals surface area (Å²) in [4.78, 5) is 68.0. The van der Waals surface area contributed by atoms with Gasteiger partial charge < -0.3 is 0 Å². The lowest BCUT2D eigenvalue weighted by molar-refractivity contribution is -0.133. The van der Waals surface area contributed by atoms with Crippen molar-refractivity contribution in [3.63, 3.8) is 0 Å². The molecule has 4 aliphatic carbocycles. The Kier molecular flexibility index (Phi) is 9.97. The summed E-state index contributed by atoms with van der Waals surface area (Å²) in [6.07, 6.45) is 20.9. The van der Waals surface area contributed by atoms with E-state index in [2.05, 4.69) is 9.97 Å². The smallest absolute Gasteiger partial charge is 0.238 e. The van der Waals surface area contributed by atoms with Crippen LogP contribution in [0.5, 0.6) is 0 Å². The summed E-state index contributed by atoms with van der Waals surface area (Å²) in [5, 5.41) is 0. The molecule has 0 radical (unpaired) electrons. The third kappa shape index (κ3) is 6.46. The first-order chi connectivity index (χ1) is 19.6. The van der Waals surface area contributed by atoms with Gasteiger partial charge in [-0.1, -0.05) is 77.0 Å². The molecule has 1 aromatic heterocycles. The van der Waals surface area contributed by atoms with Gasteiger partial charge in [0.05, 0.1) is 6.20 Å². The quantitative estimate of drug-likeness (QED) is 0.374. The molecule has 4 aliphatic rings. The van der Waals surface area contributed by atoms with Crippen molar-refractivity contribution in [3.05, 3.63) is 12.5 Å². The second-order valence-corrected chi connectivity index (χ2v) is 12.6. The van der Waals surface area contributed by atoms with Crippen LogP contribution < -0.4 is 9.80 Å². The molecule has 5 rings (SSSR count). The lowest BCUT2D eigenvalue weighted by Crippen LogP contribution is -2.49. The van der Waals surface area contributed by atoms with Crippen LogP contribution >= 0.6 is 0 Å². The van der Waals surface area contributed by atoms with Crippen LogP contribution in [0.4, 0.5) is 11.5 Å². The number of carbonyl (C=O) groups excluding carboxylic acids is 4. The summed E-state index contributed by atoms with van der Waals surface area (Å²) in [6.45, 7) is 0. The summed E-state index contributed by atoms with van der Waals surface area (Å²) in [5.41, 5.74) is 0.210. The second-order valence-electron chi connectivity index (χ2n) is 12.6. The van der Waals surface area contributed by atoms with Gasteiger partial charge in [0.25, 0.3) is 0 Å². The standard InChI is InChI=1S/C32H46N4O4/c37-29(23-13-5-1-6-14-23)35(30(38)24-15-7-2-8-16-24)27-21-33-22-34-28(27)36(31(39)25-17-9-3-10-18-25)32(40)26-19-11-4-12-20-26/h21-26H,1-20H2. The van der Waals surface area contributed by atoms with E-state index in [4.69, 9.17) is 0 Å². The van der Waals surface area contributed by atoms with Crippen molar-refractivity contribution in [2.75, 3.05) is 9.80 Å². The number of carbonyl (C=O) groups is 4. The molecule has 0 N–H and O–H groups in total. The Bertz CT molecular complexity index is 908. The second kappa shape index (κ2) is 13.8. The van der Waals surface area contributed by atoms with Gasteiger partial charge in [-0.2, -0.15) is 0 Å². The Morgan fingerprint density at radius 1 is 0.500 bits per heavy atom. The van der Waals surface area contributed by atoms with E-state index in [-0.39, 0.29) is 58.8 Å². The zero-order valence-electron chi connectivity index (χ0n) is 24.0. The van der Waals surface area contributed by atoms with E-state index >= 15 is 0 Å². The summed E-state index contributed by atoms with van der Waals surface area (Å²) in [7, 11) is 0. The monoisotopic (exact) mass is 550 g/mol. The first-order valence-electron chi connectivity index (χ1n) is 16.1. The van der Waals surface area contributed by atoms with Gasteiger partial charge in [-0.3, -0.25) is 19.2 Å². The molecule has 1 aromatic rings. The molecule has 0 aliphatic heterocycles. The van der Waals surface area contributed by atoms with E-state index < -0.39 is 0 Å². The number of aromatic nitrogens is 2. The average molecular weight is 551 g/mol. The Balaban J connectivity index is 1.56. The molecule has 0 saturated heterocycles.